The van der Waals surface area contributed by atoms with Gasteiger partial charge in [-0.05, 0) is 22.3 Å². The molecule has 0 saturated carbocycles. The molecule has 0 fully saturated rings. The molecule has 0 saturated heterocycles. The Labute approximate surface area is 182 Å². The van der Waals surface area contributed by atoms with Gasteiger partial charge in [-0.3, -0.25) is 0 Å². The van der Waals surface area contributed by atoms with E-state index in [9.17, 15) is 0 Å². The molecule has 0 unspecified atom stereocenters. The van der Waals surface area contributed by atoms with Gasteiger partial charge in [-0.25, -0.2) is 0 Å². The number of hydrogen-bond acceptors (Lipinski definition) is 1. The van der Waals surface area contributed by atoms with Crippen LogP contribution in [0.15, 0.2) is 121 Å². The van der Waals surface area contributed by atoms with Crippen LogP contribution in [0.2, 0.25) is 0 Å². The number of fused-ring (bicyclic) bond motifs is 1. The lowest BCUT2D eigenvalue weighted by Crippen LogP contribution is -1.92. The van der Waals surface area contributed by atoms with Crippen molar-refractivity contribution in [3.05, 3.63) is 121 Å². The molecule has 0 aliphatic carbocycles. The fraction of sp³-hybridized carbons (Fsp3) is 0. The molecular formula is C30H20O. The summed E-state index contributed by atoms with van der Waals surface area (Å²) in [4.78, 5) is 0. The third-order valence-corrected chi connectivity index (χ3v) is 5.82. The van der Waals surface area contributed by atoms with Crippen LogP contribution >= 0.6 is 0 Å². The van der Waals surface area contributed by atoms with Crippen molar-refractivity contribution < 1.29 is 4.74 Å². The monoisotopic (exact) mass is 396 g/mol. The van der Waals surface area contributed by atoms with Gasteiger partial charge >= 0.3 is 0 Å². The maximum Gasteiger partial charge on any atom is 0.179 e. The second-order valence-electron chi connectivity index (χ2n) is 7.72. The van der Waals surface area contributed by atoms with E-state index < -0.39 is 0 Å². The fourth-order valence-corrected chi connectivity index (χ4v) is 4.43. The molecule has 1 aliphatic rings. The van der Waals surface area contributed by atoms with Crippen molar-refractivity contribution in [2.45, 2.75) is 0 Å². The lowest BCUT2D eigenvalue weighted by molar-refractivity contribution is 0.652. The minimum absolute atomic E-state index is 0.989. The van der Waals surface area contributed by atoms with E-state index in [1.165, 1.54) is 44.5 Å². The predicted octanol–water partition coefficient (Wildman–Crippen LogP) is 8.46. The molecule has 0 radical (unpaired) electrons. The number of benzene rings is 5. The predicted molar refractivity (Wildman–Crippen MR) is 128 cm³/mol. The van der Waals surface area contributed by atoms with Gasteiger partial charge in [-0.1, -0.05) is 121 Å². The van der Waals surface area contributed by atoms with Crippen LogP contribution in [0.25, 0.3) is 44.5 Å². The molecule has 0 spiro atoms. The Morgan fingerprint density at radius 3 is 0.839 bits per heavy atom. The van der Waals surface area contributed by atoms with Crippen molar-refractivity contribution in [1.82, 2.24) is 0 Å². The van der Waals surface area contributed by atoms with E-state index in [0.717, 1.165) is 11.5 Å². The molecule has 0 amide bonds. The van der Waals surface area contributed by atoms with E-state index in [2.05, 4.69) is 121 Å². The van der Waals surface area contributed by atoms with Crippen LogP contribution in [-0.2, 0) is 0 Å². The number of rotatable bonds is 4. The Bertz CT molecular complexity index is 1250. The van der Waals surface area contributed by atoms with Crippen LogP contribution < -0.4 is 4.74 Å². The first-order chi connectivity index (χ1) is 15.4. The molecule has 31 heavy (non-hydrogen) atoms. The SMILES string of the molecule is c1ccc(-c2c3c(c(-c4ccccc4)c(-c4ccccc4)c2-c2ccccc2)O3)cc1. The van der Waals surface area contributed by atoms with Gasteiger partial charge in [0.2, 0.25) is 0 Å². The van der Waals surface area contributed by atoms with Crippen molar-refractivity contribution >= 4 is 0 Å². The highest BCUT2D eigenvalue weighted by Gasteiger charge is 2.37. The maximum atomic E-state index is 6.23. The van der Waals surface area contributed by atoms with E-state index in [1.807, 2.05) is 0 Å². The van der Waals surface area contributed by atoms with E-state index >= 15 is 0 Å². The Morgan fingerprint density at radius 2 is 0.548 bits per heavy atom. The van der Waals surface area contributed by atoms with Crippen molar-refractivity contribution in [2.24, 2.45) is 0 Å². The summed E-state index contributed by atoms with van der Waals surface area (Å²) >= 11 is 0. The Morgan fingerprint density at radius 1 is 0.290 bits per heavy atom. The van der Waals surface area contributed by atoms with Crippen LogP contribution in [0, 0.1) is 0 Å². The minimum Gasteiger partial charge on any atom is -0.448 e. The molecule has 1 heterocycles. The highest BCUT2D eigenvalue weighted by molar-refractivity contribution is 6.09. The van der Waals surface area contributed by atoms with E-state index in [1.54, 1.807) is 0 Å². The summed E-state index contributed by atoms with van der Waals surface area (Å²) in [5.74, 6) is 1.98. The Hall–Kier alpha value is -4.10. The third-order valence-electron chi connectivity index (χ3n) is 5.82. The zero-order valence-electron chi connectivity index (χ0n) is 17.0. The Kier molecular flexibility index (Phi) is 4.18. The van der Waals surface area contributed by atoms with E-state index in [-0.39, 0.29) is 0 Å². The normalized spacial score (nSPS) is 11.5. The van der Waals surface area contributed by atoms with Gasteiger partial charge in [0, 0.05) is 22.3 Å². The largest absolute Gasteiger partial charge is 0.448 e. The van der Waals surface area contributed by atoms with Crippen LogP contribution in [-0.4, -0.2) is 0 Å². The summed E-state index contributed by atoms with van der Waals surface area (Å²) in [6.07, 6.45) is 0. The first-order valence-corrected chi connectivity index (χ1v) is 10.6. The minimum atomic E-state index is 0.989. The van der Waals surface area contributed by atoms with Crippen LogP contribution in [0.3, 0.4) is 0 Å². The molecule has 5 aromatic carbocycles. The van der Waals surface area contributed by atoms with Gasteiger partial charge in [0.05, 0.1) is 0 Å². The molecule has 6 rings (SSSR count). The highest BCUT2D eigenvalue weighted by atomic mass is 16.6. The highest BCUT2D eigenvalue weighted by Crippen LogP contribution is 2.64. The zero-order chi connectivity index (χ0) is 20.6. The molecule has 1 nitrogen and oxygen atoms in total. The van der Waals surface area contributed by atoms with Crippen LogP contribution in [0.4, 0.5) is 0 Å². The van der Waals surface area contributed by atoms with Gasteiger partial charge in [-0.2, -0.15) is 0 Å². The maximum absolute atomic E-state index is 6.23. The second kappa shape index (κ2) is 7.30. The molecule has 0 bridgehead atoms. The zero-order valence-corrected chi connectivity index (χ0v) is 17.0. The molecule has 0 aromatic heterocycles. The summed E-state index contributed by atoms with van der Waals surface area (Å²) < 4.78 is 6.23. The van der Waals surface area contributed by atoms with Gasteiger partial charge in [-0.15, -0.1) is 0 Å². The summed E-state index contributed by atoms with van der Waals surface area (Å²) in [5, 5.41) is 0. The average molecular weight is 396 g/mol. The summed E-state index contributed by atoms with van der Waals surface area (Å²) in [7, 11) is 0. The first kappa shape index (κ1) is 17.7. The summed E-state index contributed by atoms with van der Waals surface area (Å²) in [6.45, 7) is 0. The third kappa shape index (κ3) is 3.03. The standard InChI is InChI=1S/C30H20O/c1-5-13-21(14-6-1)25-26(22-15-7-2-8-16-22)28(24-19-11-4-12-20-24)30-29(31-30)27(25)23-17-9-3-10-18-23/h1-20H. The smallest absolute Gasteiger partial charge is 0.179 e. The average Bonchev–Trinajstić information content (AvgIpc) is 3.65. The summed E-state index contributed by atoms with van der Waals surface area (Å²) in [5.41, 5.74) is 9.49. The molecule has 1 heteroatoms. The van der Waals surface area contributed by atoms with Gasteiger partial charge < -0.3 is 4.74 Å². The Balaban J connectivity index is 1.78. The molecule has 0 atom stereocenters. The number of ether oxygens (including phenoxy) is 1. The van der Waals surface area contributed by atoms with Crippen LogP contribution in [0.1, 0.15) is 0 Å². The van der Waals surface area contributed by atoms with Crippen molar-refractivity contribution in [3.8, 4) is 56.0 Å². The van der Waals surface area contributed by atoms with E-state index in [4.69, 9.17) is 4.74 Å². The second-order valence-corrected chi connectivity index (χ2v) is 7.72. The van der Waals surface area contributed by atoms with Crippen molar-refractivity contribution in [3.63, 3.8) is 0 Å². The quantitative estimate of drug-likeness (QED) is 0.272. The first-order valence-electron chi connectivity index (χ1n) is 10.6. The summed E-state index contributed by atoms with van der Waals surface area (Å²) in [6, 6.07) is 42.5. The van der Waals surface area contributed by atoms with Gasteiger partial charge in [0.15, 0.2) is 11.5 Å². The molecule has 0 N–H and O–H groups in total. The topological polar surface area (TPSA) is 12.5 Å². The fourth-order valence-electron chi connectivity index (χ4n) is 4.43. The molecule has 5 aromatic rings. The van der Waals surface area contributed by atoms with Gasteiger partial charge in [0.1, 0.15) is 0 Å². The van der Waals surface area contributed by atoms with Crippen molar-refractivity contribution in [2.75, 3.05) is 0 Å². The van der Waals surface area contributed by atoms with Gasteiger partial charge in [0.25, 0.3) is 0 Å². The van der Waals surface area contributed by atoms with Crippen LogP contribution in [0.5, 0.6) is 11.5 Å². The number of hydrogen-bond donors (Lipinski definition) is 0. The lowest BCUT2D eigenvalue weighted by Gasteiger charge is -2.18. The molecular weight excluding hydrogens is 376 g/mol. The van der Waals surface area contributed by atoms with Crippen molar-refractivity contribution in [1.29, 1.82) is 0 Å². The lowest BCUT2D eigenvalue weighted by atomic mass is 9.83. The molecule has 1 aliphatic heterocycles. The van der Waals surface area contributed by atoms with E-state index in [0.29, 0.717) is 0 Å². The molecule has 146 valence electrons.